The first-order chi connectivity index (χ1) is 9.73. The second-order valence-electron chi connectivity index (χ2n) is 4.46. The molecule has 0 atom stereocenters. The van der Waals surface area contributed by atoms with E-state index in [1.807, 2.05) is 24.5 Å². The summed E-state index contributed by atoms with van der Waals surface area (Å²) in [6.07, 6.45) is 16.1. The second kappa shape index (κ2) is 8.91. The Labute approximate surface area is 121 Å². The molecule has 0 amide bonds. The lowest BCUT2D eigenvalue weighted by molar-refractivity contribution is -0.686. The lowest BCUT2D eigenvalue weighted by Crippen LogP contribution is -2.29. The molecule has 0 aliphatic rings. The molecule has 20 heavy (non-hydrogen) atoms. The highest BCUT2D eigenvalue weighted by Crippen LogP contribution is 1.82. The Morgan fingerprint density at radius 3 is 1.50 bits per heavy atom. The molecule has 0 spiro atoms. The molecule has 0 bridgehead atoms. The number of aromatic nitrogens is 4. The molecular weight excluding hydrogens is 248 g/mol. The van der Waals surface area contributed by atoms with Crippen LogP contribution < -0.4 is 9.13 Å². The lowest BCUT2D eigenvalue weighted by Gasteiger charge is -1.85. The van der Waals surface area contributed by atoms with Gasteiger partial charge in [0.15, 0.2) is 0 Å². The van der Waals surface area contributed by atoms with E-state index in [0.717, 1.165) is 26.2 Å². The van der Waals surface area contributed by atoms with Gasteiger partial charge in [-0.2, -0.15) is 0 Å². The molecule has 2 heterocycles. The van der Waals surface area contributed by atoms with Crippen LogP contribution in [-0.4, -0.2) is 9.13 Å². The van der Waals surface area contributed by atoms with Crippen LogP contribution in [0.1, 0.15) is 13.8 Å². The largest absolute Gasteiger partial charge is 0.244 e. The first kappa shape index (κ1) is 16.0. The zero-order valence-electron chi connectivity index (χ0n) is 12.7. The van der Waals surface area contributed by atoms with Gasteiger partial charge in [-0.25, -0.2) is 18.3 Å². The number of nitrogens with zero attached hydrogens (tertiary/aromatic N) is 4. The van der Waals surface area contributed by atoms with Crippen molar-refractivity contribution in [1.29, 1.82) is 0 Å². The molecule has 0 N–H and O–H groups in total. The van der Waals surface area contributed by atoms with Crippen molar-refractivity contribution in [3.8, 4) is 0 Å². The van der Waals surface area contributed by atoms with Crippen molar-refractivity contribution in [1.82, 2.24) is 9.13 Å². The van der Waals surface area contributed by atoms with Crippen LogP contribution in [0.15, 0.2) is 62.8 Å². The third kappa shape index (κ3) is 5.26. The fourth-order valence-electron chi connectivity index (χ4n) is 1.77. The summed E-state index contributed by atoms with van der Waals surface area (Å²) < 4.78 is 8.44. The van der Waals surface area contributed by atoms with Crippen molar-refractivity contribution >= 4 is 0 Å². The van der Waals surface area contributed by atoms with E-state index in [1.165, 1.54) is 0 Å². The first-order valence-corrected chi connectivity index (χ1v) is 7.04. The average Bonchev–Trinajstić information content (AvgIpc) is 3.09. The van der Waals surface area contributed by atoms with Crippen LogP contribution in [0.3, 0.4) is 0 Å². The van der Waals surface area contributed by atoms with E-state index in [-0.39, 0.29) is 0 Å². The summed E-state index contributed by atoms with van der Waals surface area (Å²) in [4.78, 5) is 0. The van der Waals surface area contributed by atoms with E-state index in [9.17, 15) is 0 Å². The molecular formula is C16H26N4+2. The molecule has 0 fully saturated rings. The van der Waals surface area contributed by atoms with Gasteiger partial charge in [0.2, 0.25) is 12.7 Å². The van der Waals surface area contributed by atoms with Crippen LogP contribution in [0, 0.1) is 0 Å². The van der Waals surface area contributed by atoms with Gasteiger partial charge in [-0.05, 0) is 13.8 Å². The highest BCUT2D eigenvalue weighted by molar-refractivity contribution is 4.67. The van der Waals surface area contributed by atoms with Crippen LogP contribution in [-0.2, 0) is 26.2 Å². The molecule has 2 aromatic heterocycles. The predicted molar refractivity (Wildman–Crippen MR) is 81.0 cm³/mol. The van der Waals surface area contributed by atoms with Gasteiger partial charge < -0.3 is 0 Å². The first-order valence-electron chi connectivity index (χ1n) is 7.04. The molecule has 0 radical (unpaired) electrons. The molecule has 2 aromatic rings. The van der Waals surface area contributed by atoms with Crippen LogP contribution in [0.4, 0.5) is 0 Å². The van der Waals surface area contributed by atoms with Gasteiger partial charge in [-0.1, -0.05) is 25.3 Å². The molecule has 4 heteroatoms. The summed E-state index contributed by atoms with van der Waals surface area (Å²) in [6, 6.07) is 0. The van der Waals surface area contributed by atoms with Crippen molar-refractivity contribution in [2.24, 2.45) is 0 Å². The summed E-state index contributed by atoms with van der Waals surface area (Å²) in [5.41, 5.74) is 0. The van der Waals surface area contributed by atoms with E-state index < -0.39 is 0 Å². The molecule has 0 saturated carbocycles. The van der Waals surface area contributed by atoms with Crippen LogP contribution in [0.25, 0.3) is 0 Å². The Balaban J connectivity index is 0.000000200. The Hall–Kier alpha value is -2.10. The standard InChI is InChI=1S/2C8H13N2/c2*1-3-5-10-7-6-9(4-2)8-10/h2*3,6-8H,1,4-5H2,2H3/q2*+1. The molecule has 2 rings (SSSR count). The van der Waals surface area contributed by atoms with Gasteiger partial charge >= 0.3 is 0 Å². The Morgan fingerprint density at radius 2 is 1.25 bits per heavy atom. The zero-order valence-corrected chi connectivity index (χ0v) is 12.7. The number of allylic oxidation sites excluding steroid dienone is 2. The monoisotopic (exact) mass is 274 g/mol. The summed E-state index contributed by atoms with van der Waals surface area (Å²) in [5, 5.41) is 0. The van der Waals surface area contributed by atoms with Crippen molar-refractivity contribution < 1.29 is 9.13 Å². The summed E-state index contributed by atoms with van der Waals surface area (Å²) in [6.45, 7) is 15.4. The van der Waals surface area contributed by atoms with E-state index in [4.69, 9.17) is 0 Å². The normalized spacial score (nSPS) is 9.70. The fourth-order valence-corrected chi connectivity index (χ4v) is 1.77. The van der Waals surface area contributed by atoms with Crippen molar-refractivity contribution in [2.75, 3.05) is 0 Å². The Morgan fingerprint density at radius 1 is 0.850 bits per heavy atom. The van der Waals surface area contributed by atoms with Crippen molar-refractivity contribution in [3.63, 3.8) is 0 Å². The molecule has 108 valence electrons. The van der Waals surface area contributed by atoms with Crippen LogP contribution in [0.5, 0.6) is 0 Å². The Bertz CT molecular complexity index is 474. The van der Waals surface area contributed by atoms with Crippen molar-refractivity contribution in [2.45, 2.75) is 40.0 Å². The minimum atomic E-state index is 0.896. The zero-order chi connectivity index (χ0) is 14.8. The Kier molecular flexibility index (Phi) is 7.11. The fraction of sp³-hybridized carbons (Fsp3) is 0.375. The van der Waals surface area contributed by atoms with Crippen LogP contribution >= 0.6 is 0 Å². The summed E-state index contributed by atoms with van der Waals surface area (Å²) in [7, 11) is 0. The number of imidazole rings is 2. The number of hydrogen-bond donors (Lipinski definition) is 0. The van der Waals surface area contributed by atoms with Gasteiger partial charge in [0.25, 0.3) is 0 Å². The average molecular weight is 274 g/mol. The molecule has 0 aliphatic heterocycles. The van der Waals surface area contributed by atoms with E-state index in [2.05, 4.69) is 70.3 Å². The molecule has 0 unspecified atom stereocenters. The molecule has 4 nitrogen and oxygen atoms in total. The second-order valence-corrected chi connectivity index (χ2v) is 4.46. The lowest BCUT2D eigenvalue weighted by atomic mass is 10.6. The summed E-state index contributed by atoms with van der Waals surface area (Å²) >= 11 is 0. The molecule has 0 aliphatic carbocycles. The predicted octanol–water partition coefficient (Wildman–Crippen LogP) is 1.96. The third-order valence-corrected chi connectivity index (χ3v) is 2.90. The number of hydrogen-bond acceptors (Lipinski definition) is 0. The highest BCUT2D eigenvalue weighted by atomic mass is 15.1. The van der Waals surface area contributed by atoms with Gasteiger partial charge in [-0.15, -0.1) is 0 Å². The maximum Gasteiger partial charge on any atom is 0.244 e. The van der Waals surface area contributed by atoms with Gasteiger partial charge in [-0.3, -0.25) is 0 Å². The smallest absolute Gasteiger partial charge is 0.237 e. The third-order valence-electron chi connectivity index (χ3n) is 2.90. The maximum atomic E-state index is 3.66. The van der Waals surface area contributed by atoms with Gasteiger partial charge in [0, 0.05) is 0 Å². The van der Waals surface area contributed by atoms with E-state index >= 15 is 0 Å². The SMILES string of the molecule is C=CC[n+]1ccn(CC)c1.C=CC[n+]1ccn(CC)c1. The number of aryl methyl sites for hydroxylation is 2. The van der Waals surface area contributed by atoms with Crippen molar-refractivity contribution in [3.05, 3.63) is 62.8 Å². The van der Waals surface area contributed by atoms with Crippen LogP contribution in [0.2, 0.25) is 0 Å². The minimum Gasteiger partial charge on any atom is -0.237 e. The topological polar surface area (TPSA) is 17.6 Å². The van der Waals surface area contributed by atoms with Gasteiger partial charge in [0.05, 0.1) is 13.1 Å². The van der Waals surface area contributed by atoms with E-state index in [0.29, 0.717) is 0 Å². The molecule has 0 saturated heterocycles. The maximum absolute atomic E-state index is 3.66. The summed E-state index contributed by atoms with van der Waals surface area (Å²) in [5.74, 6) is 0. The molecule has 0 aromatic carbocycles. The number of rotatable bonds is 6. The minimum absolute atomic E-state index is 0.896. The van der Waals surface area contributed by atoms with Gasteiger partial charge in [0.1, 0.15) is 37.9 Å². The van der Waals surface area contributed by atoms with E-state index in [1.54, 1.807) is 0 Å². The highest BCUT2D eigenvalue weighted by Gasteiger charge is 1.97. The quantitative estimate of drug-likeness (QED) is 0.566.